The number of ether oxygens (including phenoxy) is 2. The van der Waals surface area contributed by atoms with E-state index in [2.05, 4.69) is 5.32 Å². The van der Waals surface area contributed by atoms with Crippen LogP contribution in [0.25, 0.3) is 0 Å². The van der Waals surface area contributed by atoms with Gasteiger partial charge in [-0.25, -0.2) is 8.78 Å². The monoisotopic (exact) mass is 375 g/mol. The Labute approximate surface area is 153 Å². The van der Waals surface area contributed by atoms with E-state index in [0.717, 1.165) is 12.1 Å². The van der Waals surface area contributed by atoms with Gasteiger partial charge >= 0.3 is 0 Å². The fourth-order valence-electron chi connectivity index (χ4n) is 2.26. The number of nitrogens with one attached hydrogen (secondary N) is 1. The van der Waals surface area contributed by atoms with Crippen molar-refractivity contribution < 1.29 is 23.0 Å². The summed E-state index contributed by atoms with van der Waals surface area (Å²) >= 11 is 1.25. The van der Waals surface area contributed by atoms with Crippen LogP contribution < -0.4 is 14.8 Å². The van der Waals surface area contributed by atoms with Crippen molar-refractivity contribution in [1.82, 2.24) is 0 Å². The zero-order valence-corrected chi connectivity index (χ0v) is 14.6. The number of hydrogen-bond acceptors (Lipinski definition) is 4. The summed E-state index contributed by atoms with van der Waals surface area (Å²) in [5.41, 5.74) is 1.28. The Kier molecular flexibility index (Phi) is 5.48. The fraction of sp³-hybridized carbons (Fsp3) is 0.105. The van der Waals surface area contributed by atoms with E-state index in [9.17, 15) is 13.6 Å². The fourth-order valence-corrected chi connectivity index (χ4v) is 3.05. The Bertz CT molecular complexity index is 927. The molecule has 1 aromatic heterocycles. The van der Waals surface area contributed by atoms with Crippen LogP contribution in [0.15, 0.2) is 53.9 Å². The third kappa shape index (κ3) is 4.18. The third-order valence-corrected chi connectivity index (χ3v) is 4.50. The molecule has 1 heterocycles. The molecule has 1 N–H and O–H groups in total. The zero-order valence-electron chi connectivity index (χ0n) is 13.8. The summed E-state index contributed by atoms with van der Waals surface area (Å²) in [5.74, 6) is -1.20. The van der Waals surface area contributed by atoms with E-state index in [1.165, 1.54) is 24.5 Å². The standard InChI is InChI=1S/C19H15F2NO3S/c1-24-17-5-3-2-4-15(17)22-19(23)18-8-12(11-26-18)10-25-16-7-6-13(20)9-14(16)21/h2-9,11H,10H2,1H3,(H,22,23). The largest absolute Gasteiger partial charge is 0.495 e. The second-order valence-corrected chi connectivity index (χ2v) is 6.25. The quantitative estimate of drug-likeness (QED) is 0.669. The molecule has 3 aromatic rings. The van der Waals surface area contributed by atoms with Crippen LogP contribution >= 0.6 is 11.3 Å². The van der Waals surface area contributed by atoms with Gasteiger partial charge in [-0.2, -0.15) is 0 Å². The molecule has 0 bridgehead atoms. The Morgan fingerprint density at radius 2 is 1.92 bits per heavy atom. The highest BCUT2D eigenvalue weighted by atomic mass is 32.1. The van der Waals surface area contributed by atoms with Gasteiger partial charge in [0.05, 0.1) is 17.7 Å². The van der Waals surface area contributed by atoms with Crippen LogP contribution in [-0.2, 0) is 6.61 Å². The minimum Gasteiger partial charge on any atom is -0.495 e. The van der Waals surface area contributed by atoms with Gasteiger partial charge in [0.2, 0.25) is 0 Å². The van der Waals surface area contributed by atoms with Crippen LogP contribution in [0.5, 0.6) is 11.5 Å². The Morgan fingerprint density at radius 3 is 2.69 bits per heavy atom. The first-order chi connectivity index (χ1) is 12.6. The van der Waals surface area contributed by atoms with E-state index in [0.29, 0.717) is 21.9 Å². The van der Waals surface area contributed by atoms with Gasteiger partial charge in [0, 0.05) is 11.6 Å². The van der Waals surface area contributed by atoms with E-state index in [1.807, 2.05) is 6.07 Å². The molecule has 1 amide bonds. The van der Waals surface area contributed by atoms with Gasteiger partial charge in [0.1, 0.15) is 18.2 Å². The molecule has 4 nitrogen and oxygen atoms in total. The second kappa shape index (κ2) is 7.97. The maximum atomic E-state index is 13.6. The number of amides is 1. The normalized spacial score (nSPS) is 10.4. The van der Waals surface area contributed by atoms with Crippen LogP contribution in [0.1, 0.15) is 15.2 Å². The maximum Gasteiger partial charge on any atom is 0.265 e. The van der Waals surface area contributed by atoms with E-state index in [1.54, 1.807) is 29.6 Å². The average Bonchev–Trinajstić information content (AvgIpc) is 3.10. The average molecular weight is 375 g/mol. The van der Waals surface area contributed by atoms with Crippen LogP contribution in [0.2, 0.25) is 0 Å². The van der Waals surface area contributed by atoms with Gasteiger partial charge in [-0.3, -0.25) is 4.79 Å². The zero-order chi connectivity index (χ0) is 18.5. The molecule has 134 valence electrons. The summed E-state index contributed by atoms with van der Waals surface area (Å²) < 4.78 is 37.0. The van der Waals surface area contributed by atoms with Crippen molar-refractivity contribution in [2.45, 2.75) is 6.61 Å². The van der Waals surface area contributed by atoms with Gasteiger partial charge in [0.25, 0.3) is 5.91 Å². The molecule has 0 fully saturated rings. The first-order valence-corrected chi connectivity index (χ1v) is 8.54. The molecule has 26 heavy (non-hydrogen) atoms. The predicted octanol–water partition coefficient (Wildman–Crippen LogP) is 4.87. The molecule has 0 saturated carbocycles. The Balaban J connectivity index is 1.64. The number of benzene rings is 2. The van der Waals surface area contributed by atoms with E-state index in [4.69, 9.17) is 9.47 Å². The third-order valence-electron chi connectivity index (χ3n) is 3.52. The first-order valence-electron chi connectivity index (χ1n) is 7.66. The van der Waals surface area contributed by atoms with E-state index in [-0.39, 0.29) is 18.3 Å². The molecule has 0 spiro atoms. The van der Waals surface area contributed by atoms with Crippen molar-refractivity contribution in [2.24, 2.45) is 0 Å². The molecule has 0 radical (unpaired) electrons. The highest BCUT2D eigenvalue weighted by Gasteiger charge is 2.13. The molecule has 2 aromatic carbocycles. The lowest BCUT2D eigenvalue weighted by Crippen LogP contribution is -2.11. The lowest BCUT2D eigenvalue weighted by atomic mass is 10.2. The number of carbonyl (C=O) groups excluding carboxylic acids is 1. The first kappa shape index (κ1) is 17.9. The Morgan fingerprint density at radius 1 is 1.12 bits per heavy atom. The predicted molar refractivity (Wildman–Crippen MR) is 96.0 cm³/mol. The van der Waals surface area contributed by atoms with Crippen LogP contribution in [0, 0.1) is 11.6 Å². The summed E-state index contributed by atoms with van der Waals surface area (Å²) in [6.07, 6.45) is 0. The number of rotatable bonds is 6. The number of anilines is 1. The minimum absolute atomic E-state index is 0.0439. The summed E-state index contributed by atoms with van der Waals surface area (Å²) in [7, 11) is 1.53. The lowest BCUT2D eigenvalue weighted by Gasteiger charge is -2.08. The molecule has 0 unspecified atom stereocenters. The van der Waals surface area contributed by atoms with Crippen LogP contribution in [0.3, 0.4) is 0 Å². The lowest BCUT2D eigenvalue weighted by molar-refractivity contribution is 0.103. The molecule has 0 aliphatic rings. The van der Waals surface area contributed by atoms with Gasteiger partial charge < -0.3 is 14.8 Å². The highest BCUT2D eigenvalue weighted by molar-refractivity contribution is 7.12. The van der Waals surface area contributed by atoms with Crippen LogP contribution in [0.4, 0.5) is 14.5 Å². The summed E-state index contributed by atoms with van der Waals surface area (Å²) in [6, 6.07) is 11.9. The van der Waals surface area contributed by atoms with E-state index < -0.39 is 11.6 Å². The summed E-state index contributed by atoms with van der Waals surface area (Å²) in [6.45, 7) is 0.0704. The molecule has 7 heteroatoms. The summed E-state index contributed by atoms with van der Waals surface area (Å²) in [5, 5.41) is 4.53. The van der Waals surface area contributed by atoms with Gasteiger partial charge in [-0.15, -0.1) is 11.3 Å². The highest BCUT2D eigenvalue weighted by Crippen LogP contribution is 2.25. The van der Waals surface area contributed by atoms with Crippen molar-refractivity contribution >= 4 is 22.9 Å². The minimum atomic E-state index is -0.769. The number of halogens is 2. The Hall–Kier alpha value is -2.93. The number of thiophene rings is 1. The van der Waals surface area contributed by atoms with Gasteiger partial charge in [-0.1, -0.05) is 12.1 Å². The summed E-state index contributed by atoms with van der Waals surface area (Å²) in [4.78, 5) is 12.8. The topological polar surface area (TPSA) is 47.6 Å². The molecule has 0 atom stereocenters. The molecule has 0 aliphatic carbocycles. The molecular formula is C19H15F2NO3S. The smallest absolute Gasteiger partial charge is 0.265 e. The number of methoxy groups -OCH3 is 1. The van der Waals surface area contributed by atoms with Gasteiger partial charge in [-0.05, 0) is 35.7 Å². The number of para-hydroxylation sites is 2. The maximum absolute atomic E-state index is 13.6. The molecule has 0 saturated heterocycles. The van der Waals surface area contributed by atoms with Crippen molar-refractivity contribution in [3.63, 3.8) is 0 Å². The molecule has 3 rings (SSSR count). The van der Waals surface area contributed by atoms with Crippen LogP contribution in [-0.4, -0.2) is 13.0 Å². The van der Waals surface area contributed by atoms with Gasteiger partial charge in [0.15, 0.2) is 11.6 Å². The van der Waals surface area contributed by atoms with Crippen molar-refractivity contribution in [3.8, 4) is 11.5 Å². The van der Waals surface area contributed by atoms with Crippen molar-refractivity contribution in [2.75, 3.05) is 12.4 Å². The molecular weight excluding hydrogens is 360 g/mol. The molecule has 0 aliphatic heterocycles. The number of carbonyl (C=O) groups is 1. The van der Waals surface area contributed by atoms with Crippen molar-refractivity contribution in [3.05, 3.63) is 76.0 Å². The SMILES string of the molecule is COc1ccccc1NC(=O)c1cc(COc2ccc(F)cc2F)cs1. The van der Waals surface area contributed by atoms with E-state index >= 15 is 0 Å². The van der Waals surface area contributed by atoms with Crippen molar-refractivity contribution in [1.29, 1.82) is 0 Å². The number of hydrogen-bond donors (Lipinski definition) is 1. The second-order valence-electron chi connectivity index (χ2n) is 5.34.